The van der Waals surface area contributed by atoms with Crippen LogP contribution in [0.2, 0.25) is 5.02 Å². The Morgan fingerprint density at radius 3 is 2.24 bits per heavy atom. The minimum atomic E-state index is -4.47. The standard InChI is InChI=1S/C14H15ClF3N3/c1-13(2,3)9-6-7-8(14(16,17)18)4-5-10(15)11(7)20-12(9)21-19/h4-6H,19H2,1-3H3,(H,20,21). The number of nitrogen functional groups attached to an aromatic ring is 1. The highest BCUT2D eigenvalue weighted by Gasteiger charge is 2.34. The van der Waals surface area contributed by atoms with Gasteiger partial charge in [-0.3, -0.25) is 0 Å². The van der Waals surface area contributed by atoms with Crippen molar-refractivity contribution in [3.63, 3.8) is 0 Å². The summed E-state index contributed by atoms with van der Waals surface area (Å²) in [6.07, 6.45) is -4.47. The quantitative estimate of drug-likeness (QED) is 0.602. The molecule has 0 spiro atoms. The van der Waals surface area contributed by atoms with Crippen molar-refractivity contribution in [1.29, 1.82) is 0 Å². The lowest BCUT2D eigenvalue weighted by atomic mass is 9.86. The van der Waals surface area contributed by atoms with Crippen LogP contribution >= 0.6 is 11.6 Å². The van der Waals surface area contributed by atoms with Crippen molar-refractivity contribution < 1.29 is 13.2 Å². The van der Waals surface area contributed by atoms with E-state index in [-0.39, 0.29) is 15.9 Å². The first kappa shape index (κ1) is 15.9. The summed E-state index contributed by atoms with van der Waals surface area (Å²) in [5.74, 6) is 5.75. The van der Waals surface area contributed by atoms with Gasteiger partial charge in [0.25, 0.3) is 0 Å². The smallest absolute Gasteiger partial charge is 0.308 e. The maximum atomic E-state index is 13.1. The Morgan fingerprint density at radius 2 is 1.76 bits per heavy atom. The van der Waals surface area contributed by atoms with E-state index in [0.29, 0.717) is 11.4 Å². The molecule has 21 heavy (non-hydrogen) atoms. The fraction of sp³-hybridized carbons (Fsp3) is 0.357. The summed E-state index contributed by atoms with van der Waals surface area (Å²) in [6, 6.07) is 3.61. The van der Waals surface area contributed by atoms with E-state index in [1.54, 1.807) is 0 Å². The third-order valence-corrected chi connectivity index (χ3v) is 3.49. The summed E-state index contributed by atoms with van der Waals surface area (Å²) in [4.78, 5) is 4.17. The highest BCUT2D eigenvalue weighted by molar-refractivity contribution is 6.35. The molecule has 0 aliphatic rings. The largest absolute Gasteiger partial charge is 0.417 e. The number of rotatable bonds is 1. The molecule has 3 N–H and O–H groups in total. The van der Waals surface area contributed by atoms with E-state index in [0.717, 1.165) is 6.07 Å². The Labute approximate surface area is 125 Å². The van der Waals surface area contributed by atoms with Gasteiger partial charge in [-0.25, -0.2) is 10.8 Å². The van der Waals surface area contributed by atoms with Gasteiger partial charge in [0.15, 0.2) is 0 Å². The molecule has 2 rings (SSSR count). The number of hydrogen-bond donors (Lipinski definition) is 2. The Morgan fingerprint density at radius 1 is 1.14 bits per heavy atom. The second-order valence-corrected chi connectivity index (χ2v) is 6.17. The van der Waals surface area contributed by atoms with Crippen LogP contribution in [0, 0.1) is 0 Å². The molecular formula is C14H15ClF3N3. The lowest BCUT2D eigenvalue weighted by Crippen LogP contribution is -2.19. The molecule has 0 saturated heterocycles. The van der Waals surface area contributed by atoms with Gasteiger partial charge in [-0.2, -0.15) is 13.2 Å². The van der Waals surface area contributed by atoms with E-state index in [1.807, 2.05) is 20.8 Å². The van der Waals surface area contributed by atoms with Crippen LogP contribution in [0.3, 0.4) is 0 Å². The molecule has 114 valence electrons. The monoisotopic (exact) mass is 317 g/mol. The van der Waals surface area contributed by atoms with Crippen molar-refractivity contribution >= 4 is 28.3 Å². The van der Waals surface area contributed by atoms with Gasteiger partial charge in [0.2, 0.25) is 0 Å². The molecule has 0 aliphatic heterocycles. The molecule has 0 atom stereocenters. The number of nitrogens with one attached hydrogen (secondary N) is 1. The van der Waals surface area contributed by atoms with E-state index in [9.17, 15) is 13.2 Å². The molecule has 1 heterocycles. The predicted molar refractivity (Wildman–Crippen MR) is 78.3 cm³/mol. The molecule has 0 amide bonds. The number of hydrazine groups is 1. The molecule has 1 aromatic carbocycles. The highest BCUT2D eigenvalue weighted by Crippen LogP contribution is 2.40. The number of anilines is 1. The van der Waals surface area contributed by atoms with Gasteiger partial charge < -0.3 is 5.43 Å². The van der Waals surface area contributed by atoms with Crippen LogP contribution in [0.5, 0.6) is 0 Å². The number of halogens is 4. The molecule has 0 saturated carbocycles. The minimum absolute atomic E-state index is 0.0288. The highest BCUT2D eigenvalue weighted by atomic mass is 35.5. The summed E-state index contributed by atoms with van der Waals surface area (Å²) in [5, 5.41) is 0.119. The van der Waals surface area contributed by atoms with Gasteiger partial charge in [0.05, 0.1) is 16.1 Å². The van der Waals surface area contributed by atoms with Gasteiger partial charge in [-0.15, -0.1) is 0 Å². The zero-order valence-electron chi connectivity index (χ0n) is 11.8. The van der Waals surface area contributed by atoms with Crippen LogP contribution in [-0.4, -0.2) is 4.98 Å². The van der Waals surface area contributed by atoms with Crippen LogP contribution in [0.1, 0.15) is 31.9 Å². The van der Waals surface area contributed by atoms with E-state index in [4.69, 9.17) is 17.4 Å². The fourth-order valence-corrected chi connectivity index (χ4v) is 2.36. The van der Waals surface area contributed by atoms with Gasteiger partial charge in [-0.1, -0.05) is 32.4 Å². The van der Waals surface area contributed by atoms with Crippen LogP contribution in [-0.2, 0) is 11.6 Å². The first-order chi connectivity index (χ1) is 9.55. The maximum Gasteiger partial charge on any atom is 0.417 e. The molecule has 2 aromatic rings. The number of fused-ring (bicyclic) bond motifs is 1. The fourth-order valence-electron chi connectivity index (χ4n) is 2.15. The molecule has 0 aliphatic carbocycles. The molecule has 3 nitrogen and oxygen atoms in total. The first-order valence-electron chi connectivity index (χ1n) is 6.23. The molecule has 0 unspecified atom stereocenters. The summed E-state index contributed by atoms with van der Waals surface area (Å²) in [5.41, 5.74) is 1.91. The average molecular weight is 318 g/mol. The number of hydrogen-bond acceptors (Lipinski definition) is 3. The molecular weight excluding hydrogens is 303 g/mol. The molecule has 0 radical (unpaired) electrons. The van der Waals surface area contributed by atoms with Gasteiger partial charge >= 0.3 is 6.18 Å². The molecule has 7 heteroatoms. The molecule has 0 fully saturated rings. The van der Waals surface area contributed by atoms with Crippen LogP contribution in [0.15, 0.2) is 18.2 Å². The number of nitrogens with two attached hydrogens (primary N) is 1. The van der Waals surface area contributed by atoms with Gasteiger partial charge in [0, 0.05) is 10.9 Å². The van der Waals surface area contributed by atoms with Crippen LogP contribution in [0.25, 0.3) is 10.9 Å². The average Bonchev–Trinajstić information content (AvgIpc) is 2.35. The number of alkyl halides is 3. The third kappa shape index (κ3) is 2.91. The van der Waals surface area contributed by atoms with Crippen LogP contribution < -0.4 is 11.3 Å². The van der Waals surface area contributed by atoms with Gasteiger partial charge in [0.1, 0.15) is 5.82 Å². The Hall–Kier alpha value is -1.53. The van der Waals surface area contributed by atoms with Gasteiger partial charge in [-0.05, 0) is 23.6 Å². The predicted octanol–water partition coefficient (Wildman–Crippen LogP) is 4.49. The zero-order valence-corrected chi connectivity index (χ0v) is 12.5. The Bertz CT molecular complexity index is 690. The van der Waals surface area contributed by atoms with Crippen molar-refractivity contribution in [1.82, 2.24) is 4.98 Å². The van der Waals surface area contributed by atoms with Crippen molar-refractivity contribution in [2.45, 2.75) is 32.4 Å². The Kier molecular flexibility index (Phi) is 3.80. The normalized spacial score (nSPS) is 12.8. The van der Waals surface area contributed by atoms with Crippen molar-refractivity contribution in [3.8, 4) is 0 Å². The number of aromatic nitrogens is 1. The lowest BCUT2D eigenvalue weighted by molar-refractivity contribution is -0.136. The minimum Gasteiger partial charge on any atom is -0.308 e. The lowest BCUT2D eigenvalue weighted by Gasteiger charge is -2.23. The van der Waals surface area contributed by atoms with E-state index < -0.39 is 17.2 Å². The van der Waals surface area contributed by atoms with E-state index >= 15 is 0 Å². The van der Waals surface area contributed by atoms with E-state index in [2.05, 4.69) is 10.4 Å². The first-order valence-corrected chi connectivity index (χ1v) is 6.61. The molecule has 0 bridgehead atoms. The third-order valence-electron chi connectivity index (χ3n) is 3.19. The molecule has 1 aromatic heterocycles. The van der Waals surface area contributed by atoms with Crippen LogP contribution in [0.4, 0.5) is 19.0 Å². The summed E-state index contributed by atoms with van der Waals surface area (Å²) >= 11 is 5.98. The topological polar surface area (TPSA) is 50.9 Å². The second-order valence-electron chi connectivity index (χ2n) is 5.77. The summed E-state index contributed by atoms with van der Waals surface area (Å²) in [7, 11) is 0. The zero-order chi connectivity index (χ0) is 16.0. The summed E-state index contributed by atoms with van der Waals surface area (Å²) in [6.45, 7) is 5.61. The maximum absolute atomic E-state index is 13.1. The second kappa shape index (κ2) is 5.03. The number of pyridine rings is 1. The Balaban J connectivity index is 2.91. The SMILES string of the molecule is CC(C)(C)c1cc2c(C(F)(F)F)ccc(Cl)c2nc1NN. The summed E-state index contributed by atoms with van der Waals surface area (Å²) < 4.78 is 39.4. The number of benzene rings is 1. The van der Waals surface area contributed by atoms with Crippen molar-refractivity contribution in [3.05, 3.63) is 34.3 Å². The van der Waals surface area contributed by atoms with Crippen molar-refractivity contribution in [2.75, 3.05) is 5.43 Å². The number of nitrogens with zero attached hydrogens (tertiary/aromatic N) is 1. The van der Waals surface area contributed by atoms with Crippen molar-refractivity contribution in [2.24, 2.45) is 5.84 Å². The van der Waals surface area contributed by atoms with E-state index in [1.165, 1.54) is 12.1 Å².